The Hall–Kier alpha value is -3.24. The molecule has 2 saturated heterocycles. The second-order valence-electron chi connectivity index (χ2n) is 9.03. The number of hydrogen-bond acceptors (Lipinski definition) is 6. The first-order valence-corrected chi connectivity index (χ1v) is 13.6. The lowest BCUT2D eigenvalue weighted by molar-refractivity contribution is 0.102. The van der Waals surface area contributed by atoms with Crippen molar-refractivity contribution in [1.82, 2.24) is 19.1 Å². The Morgan fingerprint density at radius 3 is 2.20 bits per heavy atom. The topological polar surface area (TPSA) is 100 Å². The molecule has 0 radical (unpaired) electrons. The molecule has 0 spiro atoms. The number of carbonyl (C=O) groups is 1. The van der Waals surface area contributed by atoms with E-state index in [4.69, 9.17) is 0 Å². The Morgan fingerprint density at radius 2 is 1.54 bits per heavy atom. The Labute approximate surface area is 205 Å². The smallest absolute Gasteiger partial charge is 0.257 e. The van der Waals surface area contributed by atoms with E-state index in [2.05, 4.69) is 20.3 Å². The van der Waals surface area contributed by atoms with Crippen molar-refractivity contribution in [2.45, 2.75) is 43.4 Å². The summed E-state index contributed by atoms with van der Waals surface area (Å²) in [6, 6.07) is 12.3. The third kappa shape index (κ3) is 5.08. The third-order valence-electron chi connectivity index (χ3n) is 6.67. The lowest BCUT2D eigenvalue weighted by Crippen LogP contribution is -2.36. The van der Waals surface area contributed by atoms with E-state index in [-0.39, 0.29) is 10.8 Å². The number of anilines is 2. The van der Waals surface area contributed by atoms with Crippen LogP contribution in [0.3, 0.4) is 0 Å². The Kier molecular flexibility index (Phi) is 6.83. The van der Waals surface area contributed by atoms with Crippen molar-refractivity contribution in [3.05, 3.63) is 60.7 Å². The predicted octanol–water partition coefficient (Wildman–Crippen LogP) is 3.68. The second-order valence-corrected chi connectivity index (χ2v) is 11.0. The third-order valence-corrected chi connectivity index (χ3v) is 8.57. The number of aromatic nitrogens is 3. The Bertz CT molecular complexity index is 1260. The summed E-state index contributed by atoms with van der Waals surface area (Å²) < 4.78 is 29.8. The van der Waals surface area contributed by atoms with Gasteiger partial charge in [-0.3, -0.25) is 4.79 Å². The van der Waals surface area contributed by atoms with Gasteiger partial charge in [0, 0.05) is 37.6 Å². The van der Waals surface area contributed by atoms with Gasteiger partial charge in [0.2, 0.25) is 10.0 Å². The number of sulfonamides is 1. The van der Waals surface area contributed by atoms with E-state index in [1.165, 1.54) is 10.6 Å². The van der Waals surface area contributed by atoms with Crippen LogP contribution in [0.15, 0.2) is 60.0 Å². The number of piperidine rings is 2. The lowest BCUT2D eigenvalue weighted by atomic mass is 10.1. The molecular weight excluding hydrogens is 464 g/mol. The molecule has 2 aliphatic heterocycles. The number of amides is 1. The maximum Gasteiger partial charge on any atom is 0.257 e. The molecule has 9 nitrogen and oxygen atoms in total. The molecule has 10 heteroatoms. The SMILES string of the molecule is O=C(Nc1ccc(-n2cncn2)cc1)c1cc(S(=O)(=O)N2CCCCC2)ccc1N1CCCCC1. The molecule has 5 rings (SSSR count). The first kappa shape index (κ1) is 23.5. The molecule has 2 aliphatic rings. The quantitative estimate of drug-likeness (QED) is 0.561. The van der Waals surface area contributed by atoms with E-state index in [1.54, 1.807) is 41.3 Å². The minimum atomic E-state index is -3.65. The van der Waals surface area contributed by atoms with E-state index in [1.807, 2.05) is 12.1 Å². The van der Waals surface area contributed by atoms with E-state index in [9.17, 15) is 13.2 Å². The summed E-state index contributed by atoms with van der Waals surface area (Å²) in [4.78, 5) is 19.8. The Morgan fingerprint density at radius 1 is 0.857 bits per heavy atom. The fourth-order valence-electron chi connectivity index (χ4n) is 4.76. The summed E-state index contributed by atoms with van der Waals surface area (Å²) in [6.45, 7) is 2.75. The van der Waals surface area contributed by atoms with Crippen LogP contribution in [-0.2, 0) is 10.0 Å². The van der Waals surface area contributed by atoms with Crippen LogP contribution in [-0.4, -0.2) is 59.6 Å². The van der Waals surface area contributed by atoms with Crippen molar-refractivity contribution < 1.29 is 13.2 Å². The number of rotatable bonds is 6. The van der Waals surface area contributed by atoms with Crippen molar-refractivity contribution in [3.63, 3.8) is 0 Å². The molecule has 0 saturated carbocycles. The number of benzene rings is 2. The molecule has 184 valence electrons. The van der Waals surface area contributed by atoms with Crippen LogP contribution in [0.25, 0.3) is 5.69 Å². The minimum absolute atomic E-state index is 0.173. The van der Waals surface area contributed by atoms with Crippen LogP contribution < -0.4 is 10.2 Å². The van der Waals surface area contributed by atoms with Gasteiger partial charge in [-0.2, -0.15) is 9.40 Å². The maximum absolute atomic E-state index is 13.5. The fourth-order valence-corrected chi connectivity index (χ4v) is 6.30. The molecule has 2 fully saturated rings. The molecule has 1 N–H and O–H groups in total. The molecular formula is C25H30N6O3S. The summed E-state index contributed by atoms with van der Waals surface area (Å²) in [5.41, 5.74) is 2.60. The van der Waals surface area contributed by atoms with E-state index in [0.29, 0.717) is 24.3 Å². The van der Waals surface area contributed by atoms with Crippen LogP contribution in [0.1, 0.15) is 48.9 Å². The summed E-state index contributed by atoms with van der Waals surface area (Å²) in [5, 5.41) is 7.06. The van der Waals surface area contributed by atoms with Gasteiger partial charge < -0.3 is 10.2 Å². The highest BCUT2D eigenvalue weighted by molar-refractivity contribution is 7.89. The molecule has 35 heavy (non-hydrogen) atoms. The molecule has 1 aromatic heterocycles. The van der Waals surface area contributed by atoms with E-state index >= 15 is 0 Å². The molecule has 0 atom stereocenters. The highest BCUT2D eigenvalue weighted by Gasteiger charge is 2.28. The van der Waals surface area contributed by atoms with Crippen LogP contribution >= 0.6 is 0 Å². The van der Waals surface area contributed by atoms with Gasteiger partial charge >= 0.3 is 0 Å². The van der Waals surface area contributed by atoms with Gasteiger partial charge in [0.25, 0.3) is 5.91 Å². The van der Waals surface area contributed by atoms with E-state index < -0.39 is 10.0 Å². The van der Waals surface area contributed by atoms with Gasteiger partial charge in [-0.15, -0.1) is 0 Å². The standard InChI is InChI=1S/C25H30N6O3S/c32-25(28-20-7-9-21(10-8-20)31-19-26-18-27-31)23-17-22(35(33,34)30-15-5-2-6-16-30)11-12-24(23)29-13-3-1-4-14-29/h7-12,17-19H,1-6,13-16H2,(H,28,32). The zero-order chi connectivity index (χ0) is 24.3. The largest absolute Gasteiger partial charge is 0.371 e. The first-order valence-electron chi connectivity index (χ1n) is 12.2. The van der Waals surface area contributed by atoms with Crippen LogP contribution in [0, 0.1) is 0 Å². The van der Waals surface area contributed by atoms with Crippen molar-refractivity contribution in [2.24, 2.45) is 0 Å². The molecule has 1 amide bonds. The zero-order valence-corrected chi connectivity index (χ0v) is 20.5. The molecule has 0 aliphatic carbocycles. The number of hydrogen-bond donors (Lipinski definition) is 1. The van der Waals surface area contributed by atoms with Crippen LogP contribution in [0.2, 0.25) is 0 Å². The van der Waals surface area contributed by atoms with Crippen molar-refractivity contribution in [1.29, 1.82) is 0 Å². The van der Waals surface area contributed by atoms with Crippen LogP contribution in [0.4, 0.5) is 11.4 Å². The van der Waals surface area contributed by atoms with Crippen molar-refractivity contribution in [2.75, 3.05) is 36.4 Å². The normalized spacial score (nSPS) is 17.3. The van der Waals surface area contributed by atoms with Crippen molar-refractivity contribution >= 4 is 27.3 Å². The highest BCUT2D eigenvalue weighted by Crippen LogP contribution is 2.30. The molecule has 2 aromatic carbocycles. The molecule has 3 heterocycles. The average Bonchev–Trinajstić information content (AvgIpc) is 3.45. The second kappa shape index (κ2) is 10.2. The summed E-state index contributed by atoms with van der Waals surface area (Å²) in [5.74, 6) is -0.324. The predicted molar refractivity (Wildman–Crippen MR) is 134 cm³/mol. The van der Waals surface area contributed by atoms with Gasteiger partial charge in [-0.05, 0) is 74.6 Å². The van der Waals surface area contributed by atoms with Crippen LogP contribution in [0.5, 0.6) is 0 Å². The van der Waals surface area contributed by atoms with E-state index in [0.717, 1.165) is 63.0 Å². The first-order chi connectivity index (χ1) is 17.0. The maximum atomic E-state index is 13.5. The summed E-state index contributed by atoms with van der Waals surface area (Å²) in [6.07, 6.45) is 9.11. The van der Waals surface area contributed by atoms with Crippen molar-refractivity contribution in [3.8, 4) is 5.69 Å². The fraction of sp³-hybridized carbons (Fsp3) is 0.400. The van der Waals surface area contributed by atoms with Gasteiger partial charge in [-0.25, -0.2) is 18.1 Å². The average molecular weight is 495 g/mol. The highest BCUT2D eigenvalue weighted by atomic mass is 32.2. The Balaban J connectivity index is 1.44. The minimum Gasteiger partial charge on any atom is -0.371 e. The summed E-state index contributed by atoms with van der Waals surface area (Å²) in [7, 11) is -3.65. The molecule has 3 aromatic rings. The monoisotopic (exact) mass is 494 g/mol. The number of nitrogens with zero attached hydrogens (tertiary/aromatic N) is 5. The van der Waals surface area contributed by atoms with Gasteiger partial charge in [0.05, 0.1) is 16.1 Å². The number of nitrogens with one attached hydrogen (secondary N) is 1. The summed E-state index contributed by atoms with van der Waals surface area (Å²) >= 11 is 0. The van der Waals surface area contributed by atoms with Gasteiger partial charge in [0.15, 0.2) is 0 Å². The molecule has 0 bridgehead atoms. The van der Waals surface area contributed by atoms with Gasteiger partial charge in [0.1, 0.15) is 12.7 Å². The molecule has 0 unspecified atom stereocenters. The zero-order valence-electron chi connectivity index (χ0n) is 19.6. The lowest BCUT2D eigenvalue weighted by Gasteiger charge is -2.31. The number of carbonyl (C=O) groups excluding carboxylic acids is 1. The van der Waals surface area contributed by atoms with Gasteiger partial charge in [-0.1, -0.05) is 6.42 Å².